The van der Waals surface area contributed by atoms with Gasteiger partial charge >= 0.3 is 6.03 Å². The summed E-state index contributed by atoms with van der Waals surface area (Å²) in [6, 6.07) is 15.5. The third-order valence-electron chi connectivity index (χ3n) is 4.89. The predicted molar refractivity (Wildman–Crippen MR) is 110 cm³/mol. The van der Waals surface area contributed by atoms with Gasteiger partial charge in [-0.3, -0.25) is 0 Å². The first-order valence-corrected chi connectivity index (χ1v) is 10.5. The fraction of sp³-hybridized carbons (Fsp3) is 0.286. The summed E-state index contributed by atoms with van der Waals surface area (Å²) in [5, 5.41) is 7.08. The Bertz CT molecular complexity index is 953. The van der Waals surface area contributed by atoms with Crippen molar-refractivity contribution >= 4 is 23.5 Å². The van der Waals surface area contributed by atoms with Gasteiger partial charge in [-0.05, 0) is 50.3 Å². The Hall–Kier alpha value is -2.80. The summed E-state index contributed by atoms with van der Waals surface area (Å²) in [6.07, 6.45) is 3.75. The van der Waals surface area contributed by atoms with Gasteiger partial charge in [0, 0.05) is 22.7 Å². The molecule has 1 aromatic heterocycles. The highest BCUT2D eigenvalue weighted by Gasteiger charge is 2.34. The molecule has 0 spiro atoms. The monoisotopic (exact) mass is 394 g/mol. The molecule has 0 bridgehead atoms. The van der Waals surface area contributed by atoms with E-state index < -0.39 is 0 Å². The third-order valence-corrected chi connectivity index (χ3v) is 5.64. The van der Waals surface area contributed by atoms with Crippen LogP contribution in [0.25, 0.3) is 11.4 Å². The van der Waals surface area contributed by atoms with Crippen LogP contribution in [0.5, 0.6) is 0 Å². The molecule has 0 saturated carbocycles. The number of anilines is 1. The second-order valence-electron chi connectivity index (χ2n) is 6.83. The molecule has 1 fully saturated rings. The van der Waals surface area contributed by atoms with E-state index in [0.29, 0.717) is 18.3 Å². The molecule has 3 aromatic rings. The third kappa shape index (κ3) is 3.89. The first-order chi connectivity index (χ1) is 13.6. The van der Waals surface area contributed by atoms with Gasteiger partial charge < -0.3 is 14.7 Å². The van der Waals surface area contributed by atoms with Crippen molar-refractivity contribution in [3.63, 3.8) is 0 Å². The molecule has 1 N–H and O–H groups in total. The van der Waals surface area contributed by atoms with Crippen molar-refractivity contribution in [2.45, 2.75) is 30.7 Å². The van der Waals surface area contributed by atoms with Crippen LogP contribution in [0.2, 0.25) is 0 Å². The molecule has 1 aliphatic heterocycles. The lowest BCUT2D eigenvalue weighted by Gasteiger charge is -2.22. The Morgan fingerprint density at radius 3 is 2.64 bits per heavy atom. The number of amides is 2. The van der Waals surface area contributed by atoms with Gasteiger partial charge in [0.05, 0.1) is 0 Å². The zero-order valence-electron chi connectivity index (χ0n) is 15.9. The molecule has 1 aliphatic rings. The maximum atomic E-state index is 12.8. The first kappa shape index (κ1) is 18.6. The summed E-state index contributed by atoms with van der Waals surface area (Å²) in [6.45, 7) is 2.71. The number of rotatable bonds is 4. The molecule has 0 radical (unpaired) electrons. The van der Waals surface area contributed by atoms with Crippen LogP contribution in [-0.2, 0) is 0 Å². The van der Waals surface area contributed by atoms with E-state index in [9.17, 15) is 4.79 Å². The number of aromatic nitrogens is 2. The molecule has 6 nitrogen and oxygen atoms in total. The van der Waals surface area contributed by atoms with Gasteiger partial charge in [0.1, 0.15) is 6.04 Å². The summed E-state index contributed by atoms with van der Waals surface area (Å²) in [5.41, 5.74) is 2.86. The van der Waals surface area contributed by atoms with Crippen LogP contribution in [0.1, 0.15) is 30.3 Å². The van der Waals surface area contributed by atoms with Crippen molar-refractivity contribution in [1.29, 1.82) is 0 Å². The molecule has 144 valence electrons. The summed E-state index contributed by atoms with van der Waals surface area (Å²) in [7, 11) is 0. The normalized spacial score (nSPS) is 16.4. The maximum absolute atomic E-state index is 12.8. The number of aryl methyl sites for hydroxylation is 1. The fourth-order valence-corrected chi connectivity index (χ4v) is 3.73. The molecule has 2 heterocycles. The van der Waals surface area contributed by atoms with Crippen molar-refractivity contribution in [3.8, 4) is 11.4 Å². The van der Waals surface area contributed by atoms with Crippen LogP contribution in [0, 0.1) is 6.92 Å². The zero-order chi connectivity index (χ0) is 19.5. The summed E-state index contributed by atoms with van der Waals surface area (Å²) < 4.78 is 5.51. The predicted octanol–water partition coefficient (Wildman–Crippen LogP) is 5.14. The van der Waals surface area contributed by atoms with Crippen LogP contribution in [0.15, 0.2) is 57.9 Å². The van der Waals surface area contributed by atoms with E-state index in [1.807, 2.05) is 61.7 Å². The number of carbonyl (C=O) groups is 1. The molecule has 4 rings (SSSR count). The molecule has 2 aromatic carbocycles. The summed E-state index contributed by atoms with van der Waals surface area (Å²) in [4.78, 5) is 20.3. The van der Waals surface area contributed by atoms with Crippen LogP contribution in [-0.4, -0.2) is 33.9 Å². The molecule has 1 atom stereocenters. The molecule has 1 saturated heterocycles. The number of urea groups is 1. The highest BCUT2D eigenvalue weighted by atomic mass is 32.2. The molecule has 0 unspecified atom stereocenters. The van der Waals surface area contributed by atoms with Crippen LogP contribution < -0.4 is 5.32 Å². The largest absolute Gasteiger partial charge is 0.337 e. The van der Waals surface area contributed by atoms with E-state index in [1.54, 1.807) is 16.7 Å². The fourth-order valence-electron chi connectivity index (χ4n) is 3.33. The Morgan fingerprint density at radius 2 is 1.93 bits per heavy atom. The standard InChI is InChI=1S/C21H22N4O2S/c1-14-5-7-15(8-6-14)19-23-20(27-24-19)18-4-3-13-25(18)21(26)22-16-9-11-17(28-2)12-10-16/h5-12,18H,3-4,13H2,1-2H3,(H,22,26)/t18-/m1/s1. The number of nitrogens with one attached hydrogen (secondary N) is 1. The lowest BCUT2D eigenvalue weighted by atomic mass is 10.1. The number of nitrogens with zero attached hydrogens (tertiary/aromatic N) is 3. The van der Waals surface area contributed by atoms with E-state index in [4.69, 9.17) is 4.52 Å². The van der Waals surface area contributed by atoms with Crippen molar-refractivity contribution in [3.05, 3.63) is 60.0 Å². The number of likely N-dealkylation sites (tertiary alicyclic amines) is 1. The van der Waals surface area contributed by atoms with E-state index in [-0.39, 0.29) is 12.1 Å². The average molecular weight is 395 g/mol. The van der Waals surface area contributed by atoms with E-state index >= 15 is 0 Å². The van der Waals surface area contributed by atoms with Crippen LogP contribution in [0.3, 0.4) is 0 Å². The number of hydrogen-bond acceptors (Lipinski definition) is 5. The number of carbonyl (C=O) groups excluding carboxylic acids is 1. The van der Waals surface area contributed by atoms with E-state index in [2.05, 4.69) is 15.5 Å². The van der Waals surface area contributed by atoms with Gasteiger partial charge in [0.15, 0.2) is 0 Å². The zero-order valence-corrected chi connectivity index (χ0v) is 16.7. The topological polar surface area (TPSA) is 71.3 Å². The Balaban J connectivity index is 1.48. The minimum absolute atomic E-state index is 0.144. The van der Waals surface area contributed by atoms with Crippen LogP contribution in [0.4, 0.5) is 10.5 Å². The quantitative estimate of drug-likeness (QED) is 0.621. The minimum Gasteiger partial charge on any atom is -0.337 e. The molecule has 2 amide bonds. The SMILES string of the molecule is CSc1ccc(NC(=O)N2CCC[C@@H]2c2nc(-c3ccc(C)cc3)no2)cc1. The summed E-state index contributed by atoms with van der Waals surface area (Å²) in [5.74, 6) is 1.04. The smallest absolute Gasteiger partial charge is 0.322 e. The van der Waals surface area contributed by atoms with Crippen LogP contribution >= 0.6 is 11.8 Å². The van der Waals surface area contributed by atoms with E-state index in [1.165, 1.54) is 5.56 Å². The molecular formula is C21H22N4O2S. The summed E-state index contributed by atoms with van der Waals surface area (Å²) >= 11 is 1.67. The first-order valence-electron chi connectivity index (χ1n) is 9.26. The molecular weight excluding hydrogens is 372 g/mol. The Labute approximate surface area is 168 Å². The van der Waals surface area contributed by atoms with Crippen molar-refractivity contribution in [2.75, 3.05) is 18.1 Å². The average Bonchev–Trinajstić information content (AvgIpc) is 3.38. The highest BCUT2D eigenvalue weighted by molar-refractivity contribution is 7.98. The van der Waals surface area contributed by atoms with Crippen molar-refractivity contribution in [2.24, 2.45) is 0 Å². The van der Waals surface area contributed by atoms with Crippen molar-refractivity contribution in [1.82, 2.24) is 15.0 Å². The van der Waals surface area contributed by atoms with Gasteiger partial charge in [-0.1, -0.05) is 35.0 Å². The van der Waals surface area contributed by atoms with E-state index in [0.717, 1.165) is 29.0 Å². The minimum atomic E-state index is -0.197. The highest BCUT2D eigenvalue weighted by Crippen LogP contribution is 2.32. The molecule has 7 heteroatoms. The van der Waals surface area contributed by atoms with Crippen molar-refractivity contribution < 1.29 is 9.32 Å². The van der Waals surface area contributed by atoms with Gasteiger partial charge in [0.2, 0.25) is 11.7 Å². The number of hydrogen-bond donors (Lipinski definition) is 1. The number of benzene rings is 2. The second kappa shape index (κ2) is 8.06. The molecule has 28 heavy (non-hydrogen) atoms. The lowest BCUT2D eigenvalue weighted by molar-refractivity contribution is 0.193. The van der Waals surface area contributed by atoms with Gasteiger partial charge in [-0.15, -0.1) is 11.8 Å². The van der Waals surface area contributed by atoms with Gasteiger partial charge in [-0.2, -0.15) is 4.98 Å². The van der Waals surface area contributed by atoms with Gasteiger partial charge in [0.25, 0.3) is 0 Å². The number of thioether (sulfide) groups is 1. The second-order valence-corrected chi connectivity index (χ2v) is 7.71. The van der Waals surface area contributed by atoms with Gasteiger partial charge in [-0.25, -0.2) is 4.79 Å². The Morgan fingerprint density at radius 1 is 1.18 bits per heavy atom. The Kier molecular flexibility index (Phi) is 5.34. The molecule has 0 aliphatic carbocycles. The maximum Gasteiger partial charge on any atom is 0.322 e. The lowest BCUT2D eigenvalue weighted by Crippen LogP contribution is -2.34.